The van der Waals surface area contributed by atoms with Crippen molar-refractivity contribution in [1.29, 1.82) is 0 Å². The normalized spacial score (nSPS) is 14.6. The molecular formula is C59H20B16O. The van der Waals surface area contributed by atoms with Crippen LogP contribution in [0.2, 0.25) is 0 Å². The molecule has 32 radical (unpaired) electrons. The molecule has 2 aliphatic carbocycles. The number of fused-ring (bicyclic) bond motifs is 11. The van der Waals surface area contributed by atoms with Gasteiger partial charge in [-0.1, -0.05) is 117 Å². The van der Waals surface area contributed by atoms with Crippen LogP contribution < -0.4 is 81.5 Å². The standard InChI is InChI=1S/C59H20B16O/c60-44-36-25-7-2-1-6-22(25)17-31(37(36)45(61)54(70)53(44)69)28-10-5-11-32-34(28)29-15-13-21(19-33(29)76-32)20-12-14-24-23(16-20)18-30(27-9-4-3-8-26(24)27)35-39-41(48(64)52(68)46(39)62)38(42-40(35)47(63)55(71)56(72)49(42)65)43-50(66)57(73)59(75)58(74)51(43)67/h1-19,41H. The second-order valence-corrected chi connectivity index (χ2v) is 19.7. The van der Waals surface area contributed by atoms with Gasteiger partial charge >= 0.3 is 0 Å². The highest BCUT2D eigenvalue weighted by Crippen LogP contribution is 2.48. The molecule has 10 aromatic carbocycles. The van der Waals surface area contributed by atoms with Gasteiger partial charge in [-0.2, -0.15) is 0 Å². The molecule has 13 rings (SSSR count). The van der Waals surface area contributed by atoms with Gasteiger partial charge in [-0.25, -0.2) is 0 Å². The van der Waals surface area contributed by atoms with E-state index >= 15 is 0 Å². The minimum atomic E-state index is -0.900. The molecule has 0 N–H and O–H groups in total. The van der Waals surface area contributed by atoms with Crippen LogP contribution in [0.5, 0.6) is 0 Å². The van der Waals surface area contributed by atoms with Gasteiger partial charge < -0.3 is 4.42 Å². The van der Waals surface area contributed by atoms with Crippen molar-refractivity contribution in [3.63, 3.8) is 0 Å². The summed E-state index contributed by atoms with van der Waals surface area (Å²) in [5.41, 5.74) is 9.56. The number of hydrogen-bond donors (Lipinski definition) is 0. The summed E-state index contributed by atoms with van der Waals surface area (Å²) in [6, 6.07) is 38.8. The van der Waals surface area contributed by atoms with Crippen LogP contribution in [0.15, 0.2) is 142 Å². The molecule has 76 heavy (non-hydrogen) atoms. The number of furan rings is 1. The molecule has 2 aliphatic rings. The molecule has 0 spiro atoms. The summed E-state index contributed by atoms with van der Waals surface area (Å²) in [5.74, 6) is -0.900. The van der Waals surface area contributed by atoms with E-state index in [0.29, 0.717) is 54.6 Å². The summed E-state index contributed by atoms with van der Waals surface area (Å²) in [5, 5.41) is 9.56. The van der Waals surface area contributed by atoms with E-state index in [4.69, 9.17) is 130 Å². The second kappa shape index (κ2) is 17.4. The molecule has 1 atom stereocenters. The van der Waals surface area contributed by atoms with Crippen LogP contribution in [0.4, 0.5) is 0 Å². The zero-order chi connectivity index (χ0) is 53.2. The third kappa shape index (κ3) is 6.63. The molecule has 1 nitrogen and oxygen atoms in total. The molecule has 0 saturated heterocycles. The Morgan fingerprint density at radius 1 is 0.316 bits per heavy atom. The maximum Gasteiger partial charge on any atom is 0.136 e. The van der Waals surface area contributed by atoms with Crippen LogP contribution in [0.3, 0.4) is 0 Å². The molecule has 0 bridgehead atoms. The first-order chi connectivity index (χ1) is 36.4. The first-order valence-electron chi connectivity index (χ1n) is 24.2. The Morgan fingerprint density at radius 3 is 1.57 bits per heavy atom. The van der Waals surface area contributed by atoms with E-state index in [1.807, 2.05) is 60.7 Å². The molecule has 0 fully saturated rings. The van der Waals surface area contributed by atoms with Crippen LogP contribution in [0, 0.1) is 5.92 Å². The van der Waals surface area contributed by atoms with E-state index in [1.54, 1.807) is 0 Å². The van der Waals surface area contributed by atoms with Crippen molar-refractivity contribution in [3.8, 4) is 22.3 Å². The van der Waals surface area contributed by atoms with E-state index in [2.05, 4.69) is 54.6 Å². The van der Waals surface area contributed by atoms with Crippen molar-refractivity contribution >= 4 is 273 Å². The van der Waals surface area contributed by atoms with E-state index in [-0.39, 0.29) is 82.1 Å². The summed E-state index contributed by atoms with van der Waals surface area (Å²) < 4.78 is 6.71. The number of allylic oxidation sites excluding steroid dienone is 4. The van der Waals surface area contributed by atoms with Crippen molar-refractivity contribution in [2.24, 2.45) is 5.92 Å². The van der Waals surface area contributed by atoms with Gasteiger partial charge in [0.2, 0.25) is 0 Å². The maximum atomic E-state index is 7.15. The zero-order valence-corrected chi connectivity index (χ0v) is 40.7. The largest absolute Gasteiger partial charge is 0.456 e. The summed E-state index contributed by atoms with van der Waals surface area (Å²) in [4.78, 5) is 0. The number of benzene rings is 10. The Hall–Kier alpha value is -6.70. The SMILES string of the molecule is [B]C1=C([B])C2C(=C1[B])C(c1cc3cc(-c4ccc5c(c4)oc4cccc(-c6cc7ccccc7c7c([B])c([B])c([B])c([B])c67)c45)ccc3c3ccccc13)=c1c([B])c([B])c([B])c([B])c1=C2c1c([B])c([B])c([B])c([B])c1[B]. The maximum absolute atomic E-state index is 7.15. The van der Waals surface area contributed by atoms with Gasteiger partial charge in [-0.15, -0.1) is 49.2 Å². The molecule has 0 aliphatic heterocycles. The first-order valence-corrected chi connectivity index (χ1v) is 24.2. The average Bonchev–Trinajstić information content (AvgIpc) is 4.08. The van der Waals surface area contributed by atoms with Gasteiger partial charge in [0.05, 0.1) is 0 Å². The fourth-order valence-electron chi connectivity index (χ4n) is 12.1. The van der Waals surface area contributed by atoms with Gasteiger partial charge in [-0.05, 0) is 140 Å². The fourth-order valence-corrected chi connectivity index (χ4v) is 12.1. The minimum absolute atomic E-state index is 0.0108. The third-order valence-electron chi connectivity index (χ3n) is 15.9. The molecule has 310 valence electrons. The topological polar surface area (TPSA) is 13.1 Å². The summed E-state index contributed by atoms with van der Waals surface area (Å²) in [6.45, 7) is 0. The lowest BCUT2D eigenvalue weighted by Crippen LogP contribution is -2.67. The van der Waals surface area contributed by atoms with Crippen molar-refractivity contribution in [2.75, 3.05) is 0 Å². The molecular weight excluding hydrogens is 898 g/mol. The molecule has 1 aromatic heterocycles. The van der Waals surface area contributed by atoms with Crippen molar-refractivity contribution in [3.05, 3.63) is 159 Å². The predicted molar refractivity (Wildman–Crippen MR) is 337 cm³/mol. The lowest BCUT2D eigenvalue weighted by Gasteiger charge is -2.35. The Balaban J connectivity index is 1.06. The summed E-state index contributed by atoms with van der Waals surface area (Å²) in [7, 11) is 108. The Kier molecular flexibility index (Phi) is 11.2. The van der Waals surface area contributed by atoms with Crippen molar-refractivity contribution in [2.45, 2.75) is 0 Å². The van der Waals surface area contributed by atoms with Crippen LogP contribution in [-0.2, 0) is 0 Å². The van der Waals surface area contributed by atoms with Crippen LogP contribution in [-0.4, -0.2) is 126 Å². The Labute approximate surface area is 461 Å². The quantitative estimate of drug-likeness (QED) is 0.135. The summed E-state index contributed by atoms with van der Waals surface area (Å²) in [6.07, 6.45) is 0. The minimum Gasteiger partial charge on any atom is -0.456 e. The van der Waals surface area contributed by atoms with Gasteiger partial charge in [0.25, 0.3) is 0 Å². The summed E-state index contributed by atoms with van der Waals surface area (Å²) >= 11 is 0. The molecule has 11 aromatic rings. The third-order valence-corrected chi connectivity index (χ3v) is 15.9. The van der Waals surface area contributed by atoms with Gasteiger partial charge in [0, 0.05) is 16.7 Å². The van der Waals surface area contributed by atoms with Crippen molar-refractivity contribution < 1.29 is 4.42 Å². The van der Waals surface area contributed by atoms with Gasteiger partial charge in [0.1, 0.15) is 137 Å². The van der Waals surface area contributed by atoms with Crippen molar-refractivity contribution in [1.82, 2.24) is 0 Å². The average molecular weight is 918 g/mol. The van der Waals surface area contributed by atoms with Crippen LogP contribution in [0.25, 0.3) is 98.4 Å². The highest BCUT2D eigenvalue weighted by atomic mass is 16.3. The lowest BCUT2D eigenvalue weighted by molar-refractivity contribution is 0.669. The smallest absolute Gasteiger partial charge is 0.136 e. The highest BCUT2D eigenvalue weighted by Gasteiger charge is 2.38. The number of rotatable bonds is 4. The van der Waals surface area contributed by atoms with Crippen LogP contribution in [0.1, 0.15) is 11.1 Å². The monoisotopic (exact) mass is 920 g/mol. The second-order valence-electron chi connectivity index (χ2n) is 19.7. The van der Waals surface area contributed by atoms with Crippen LogP contribution >= 0.6 is 0 Å². The molecule has 1 heterocycles. The molecule has 0 amide bonds. The number of hydrogen-bond acceptors (Lipinski definition) is 1. The molecule has 1 unspecified atom stereocenters. The Morgan fingerprint density at radius 2 is 0.868 bits per heavy atom. The Bertz CT molecular complexity index is 4750. The zero-order valence-electron chi connectivity index (χ0n) is 40.7. The molecule has 17 heteroatoms. The van der Waals surface area contributed by atoms with E-state index < -0.39 is 5.92 Å². The van der Waals surface area contributed by atoms with E-state index in [9.17, 15) is 0 Å². The lowest BCUT2D eigenvalue weighted by atomic mass is 9.55. The van der Waals surface area contributed by atoms with E-state index in [1.165, 1.54) is 0 Å². The van der Waals surface area contributed by atoms with E-state index in [0.717, 1.165) is 76.3 Å². The molecule has 0 saturated carbocycles. The van der Waals surface area contributed by atoms with Gasteiger partial charge in [-0.3, -0.25) is 0 Å². The predicted octanol–water partition coefficient (Wildman–Crippen LogP) is -3.14. The highest BCUT2D eigenvalue weighted by molar-refractivity contribution is 6.70. The van der Waals surface area contributed by atoms with Gasteiger partial charge in [0.15, 0.2) is 0 Å². The first kappa shape index (κ1) is 48.9. The fraction of sp³-hybridized carbons (Fsp3) is 0.0169.